The first-order chi connectivity index (χ1) is 8.52. The zero-order chi connectivity index (χ0) is 13.3. The lowest BCUT2D eigenvalue weighted by Gasteiger charge is -2.38. The van der Waals surface area contributed by atoms with E-state index < -0.39 is 5.97 Å². The summed E-state index contributed by atoms with van der Waals surface area (Å²) in [5.74, 6) is -0.329. The molecule has 0 unspecified atom stereocenters. The number of rotatable bonds is 4. The van der Waals surface area contributed by atoms with Gasteiger partial charge in [0.05, 0.1) is 12.1 Å². The van der Waals surface area contributed by atoms with E-state index >= 15 is 0 Å². The molecule has 1 N–H and O–H groups in total. The number of aliphatic carboxylic acids is 1. The van der Waals surface area contributed by atoms with Crippen molar-refractivity contribution in [2.75, 3.05) is 13.1 Å². The Morgan fingerprint density at radius 1 is 1.50 bits per heavy atom. The van der Waals surface area contributed by atoms with Gasteiger partial charge >= 0.3 is 5.97 Å². The normalized spacial score (nSPS) is 15.6. The Bertz CT molecular complexity index is 474. The number of aryl methyl sites for hydroxylation is 2. The first kappa shape index (κ1) is 12.6. The summed E-state index contributed by atoms with van der Waals surface area (Å²) in [7, 11) is 0. The van der Waals surface area contributed by atoms with Crippen LogP contribution in [-0.2, 0) is 11.2 Å². The van der Waals surface area contributed by atoms with Crippen LogP contribution < -0.4 is 0 Å². The van der Waals surface area contributed by atoms with Crippen molar-refractivity contribution >= 4 is 11.9 Å². The molecule has 2 rings (SSSR count). The van der Waals surface area contributed by atoms with Gasteiger partial charge in [-0.2, -0.15) is 0 Å². The predicted molar refractivity (Wildman–Crippen MR) is 62.3 cm³/mol. The maximum atomic E-state index is 12.2. The largest absolute Gasteiger partial charge is 0.481 e. The number of carboxylic acids is 1. The Hall–Kier alpha value is -1.85. The van der Waals surface area contributed by atoms with Crippen LogP contribution in [0.4, 0.5) is 0 Å². The molecule has 1 aliphatic heterocycles. The first-order valence-electron chi connectivity index (χ1n) is 5.99. The summed E-state index contributed by atoms with van der Waals surface area (Å²) >= 11 is 0. The van der Waals surface area contributed by atoms with E-state index in [9.17, 15) is 9.59 Å². The van der Waals surface area contributed by atoms with E-state index in [0.717, 1.165) is 0 Å². The van der Waals surface area contributed by atoms with Gasteiger partial charge in [-0.3, -0.25) is 9.59 Å². The van der Waals surface area contributed by atoms with Crippen LogP contribution in [0, 0.1) is 12.8 Å². The molecule has 18 heavy (non-hydrogen) atoms. The zero-order valence-corrected chi connectivity index (χ0v) is 10.5. The molecule has 1 aromatic rings. The van der Waals surface area contributed by atoms with Gasteiger partial charge in [0.1, 0.15) is 11.3 Å². The molecule has 1 saturated heterocycles. The minimum atomic E-state index is -0.817. The van der Waals surface area contributed by atoms with Gasteiger partial charge in [-0.25, -0.2) is 0 Å². The van der Waals surface area contributed by atoms with Crippen molar-refractivity contribution in [2.45, 2.75) is 26.7 Å². The molecule has 0 aliphatic carbocycles. The molecule has 1 aromatic heterocycles. The molecule has 1 aliphatic rings. The molecular formula is C12H16N2O4. The van der Waals surface area contributed by atoms with Gasteiger partial charge < -0.3 is 14.5 Å². The van der Waals surface area contributed by atoms with E-state index in [0.29, 0.717) is 36.5 Å². The van der Waals surface area contributed by atoms with E-state index in [1.807, 2.05) is 6.92 Å². The third-order valence-electron chi connectivity index (χ3n) is 3.19. The number of carboxylic acid groups (broad SMARTS) is 1. The number of hydrogen-bond donors (Lipinski definition) is 1. The van der Waals surface area contributed by atoms with Crippen molar-refractivity contribution in [3.05, 3.63) is 17.0 Å². The maximum Gasteiger partial charge on any atom is 0.303 e. The quantitative estimate of drug-likeness (QED) is 0.867. The van der Waals surface area contributed by atoms with Crippen molar-refractivity contribution in [3.63, 3.8) is 0 Å². The number of amides is 1. The molecule has 2 heterocycles. The highest BCUT2D eigenvalue weighted by Gasteiger charge is 2.35. The van der Waals surface area contributed by atoms with Gasteiger partial charge in [-0.15, -0.1) is 0 Å². The predicted octanol–water partition coefficient (Wildman–Crippen LogP) is 1.09. The van der Waals surface area contributed by atoms with E-state index in [1.165, 1.54) is 0 Å². The number of aromatic nitrogens is 1. The summed E-state index contributed by atoms with van der Waals surface area (Å²) in [6.07, 6.45) is 0.762. The zero-order valence-electron chi connectivity index (χ0n) is 10.5. The Kier molecular flexibility index (Phi) is 3.36. The lowest BCUT2D eigenvalue weighted by atomic mass is 9.95. The first-order valence-corrected chi connectivity index (χ1v) is 5.99. The highest BCUT2D eigenvalue weighted by molar-refractivity contribution is 5.96. The van der Waals surface area contributed by atoms with Crippen LogP contribution in [-0.4, -0.2) is 40.1 Å². The molecule has 0 radical (unpaired) electrons. The molecule has 0 bridgehead atoms. The van der Waals surface area contributed by atoms with Crippen molar-refractivity contribution in [3.8, 4) is 0 Å². The Morgan fingerprint density at radius 2 is 2.17 bits per heavy atom. The molecule has 6 nitrogen and oxygen atoms in total. The Balaban J connectivity index is 2.01. The minimum absolute atomic E-state index is 0.0664. The summed E-state index contributed by atoms with van der Waals surface area (Å²) < 4.78 is 5.03. The maximum absolute atomic E-state index is 12.2. The topological polar surface area (TPSA) is 83.6 Å². The highest BCUT2D eigenvalue weighted by atomic mass is 16.5. The van der Waals surface area contributed by atoms with Gasteiger partial charge in [0.25, 0.3) is 5.91 Å². The van der Waals surface area contributed by atoms with Crippen LogP contribution in [0.3, 0.4) is 0 Å². The molecular weight excluding hydrogens is 236 g/mol. The molecule has 1 fully saturated rings. The highest BCUT2D eigenvalue weighted by Crippen LogP contribution is 2.24. The van der Waals surface area contributed by atoms with Gasteiger partial charge in [0, 0.05) is 19.0 Å². The van der Waals surface area contributed by atoms with Crippen LogP contribution in [0.5, 0.6) is 0 Å². The molecule has 6 heteroatoms. The van der Waals surface area contributed by atoms with Crippen molar-refractivity contribution in [1.29, 1.82) is 0 Å². The fourth-order valence-corrected chi connectivity index (χ4v) is 2.20. The SMILES string of the molecule is CCc1noc(C)c1C(=O)N1CC(CC(=O)O)C1. The Labute approximate surface area is 105 Å². The van der Waals surface area contributed by atoms with Crippen LogP contribution in [0.2, 0.25) is 0 Å². The molecule has 0 atom stereocenters. The van der Waals surface area contributed by atoms with Crippen LogP contribution >= 0.6 is 0 Å². The fourth-order valence-electron chi connectivity index (χ4n) is 2.20. The number of carbonyl (C=O) groups excluding carboxylic acids is 1. The fraction of sp³-hybridized carbons (Fsp3) is 0.583. The monoisotopic (exact) mass is 252 g/mol. The third kappa shape index (κ3) is 2.23. The lowest BCUT2D eigenvalue weighted by molar-refractivity contribution is -0.139. The number of hydrogen-bond acceptors (Lipinski definition) is 4. The van der Waals surface area contributed by atoms with Gasteiger partial charge in [-0.1, -0.05) is 12.1 Å². The molecule has 1 amide bonds. The summed E-state index contributed by atoms with van der Waals surface area (Å²) in [6, 6.07) is 0. The van der Waals surface area contributed by atoms with Crippen molar-refractivity contribution < 1.29 is 19.2 Å². The second kappa shape index (κ2) is 4.80. The number of likely N-dealkylation sites (tertiary alicyclic amines) is 1. The van der Waals surface area contributed by atoms with Crippen LogP contribution in [0.25, 0.3) is 0 Å². The summed E-state index contributed by atoms with van der Waals surface area (Å²) in [6.45, 7) is 4.63. The van der Waals surface area contributed by atoms with Gasteiger partial charge in [0.15, 0.2) is 0 Å². The molecule has 0 spiro atoms. The third-order valence-corrected chi connectivity index (χ3v) is 3.19. The second-order valence-electron chi connectivity index (χ2n) is 4.59. The number of nitrogens with zero attached hydrogens (tertiary/aromatic N) is 2. The van der Waals surface area contributed by atoms with Crippen molar-refractivity contribution in [1.82, 2.24) is 10.1 Å². The van der Waals surface area contributed by atoms with Gasteiger partial charge in [0.2, 0.25) is 0 Å². The summed E-state index contributed by atoms with van der Waals surface area (Å²) in [5, 5.41) is 12.5. The van der Waals surface area contributed by atoms with E-state index in [1.54, 1.807) is 11.8 Å². The summed E-state index contributed by atoms with van der Waals surface area (Å²) in [4.78, 5) is 24.4. The van der Waals surface area contributed by atoms with E-state index in [-0.39, 0.29) is 18.2 Å². The van der Waals surface area contributed by atoms with E-state index in [2.05, 4.69) is 5.16 Å². The lowest BCUT2D eigenvalue weighted by Crippen LogP contribution is -2.50. The minimum Gasteiger partial charge on any atom is -0.481 e. The van der Waals surface area contributed by atoms with Crippen LogP contribution in [0.1, 0.15) is 35.2 Å². The average molecular weight is 252 g/mol. The Morgan fingerprint density at radius 3 is 2.72 bits per heavy atom. The molecule has 0 aromatic carbocycles. The second-order valence-corrected chi connectivity index (χ2v) is 4.59. The molecule has 98 valence electrons. The standard InChI is InChI=1S/C12H16N2O4/c1-3-9-11(7(2)18-13-9)12(17)14-5-8(6-14)4-10(15)16/h8H,3-6H2,1-2H3,(H,15,16). The summed E-state index contributed by atoms with van der Waals surface area (Å²) in [5.41, 5.74) is 1.20. The smallest absolute Gasteiger partial charge is 0.303 e. The van der Waals surface area contributed by atoms with Gasteiger partial charge in [-0.05, 0) is 13.3 Å². The average Bonchev–Trinajstić information content (AvgIpc) is 2.63. The number of carbonyl (C=O) groups is 2. The van der Waals surface area contributed by atoms with Crippen LogP contribution in [0.15, 0.2) is 4.52 Å². The van der Waals surface area contributed by atoms with Crippen molar-refractivity contribution in [2.24, 2.45) is 5.92 Å². The molecule has 0 saturated carbocycles. The van der Waals surface area contributed by atoms with E-state index in [4.69, 9.17) is 9.63 Å².